The van der Waals surface area contributed by atoms with Crippen LogP contribution in [0.4, 0.5) is 11.4 Å². The van der Waals surface area contributed by atoms with Gasteiger partial charge in [0.05, 0.1) is 11.2 Å². The van der Waals surface area contributed by atoms with Gasteiger partial charge in [-0.2, -0.15) is 0 Å². The van der Waals surface area contributed by atoms with E-state index in [2.05, 4.69) is 24.1 Å². The van der Waals surface area contributed by atoms with Crippen LogP contribution < -0.4 is 10.2 Å². The molecule has 0 saturated carbocycles. The van der Waals surface area contributed by atoms with Gasteiger partial charge in [-0.05, 0) is 36.1 Å². The Morgan fingerprint density at radius 3 is 2.28 bits per heavy atom. The summed E-state index contributed by atoms with van der Waals surface area (Å²) in [6.45, 7) is 6.05. The highest BCUT2D eigenvalue weighted by Crippen LogP contribution is 2.28. The lowest BCUT2D eigenvalue weighted by atomic mass is 10.0. The SMILES string of the molecule is CCc1cccc(CC)c1N(CCC(=O)Nc1cccc2cccnc12)C(C)=O. The van der Waals surface area contributed by atoms with Crippen molar-refractivity contribution in [3.05, 3.63) is 65.9 Å². The van der Waals surface area contributed by atoms with Gasteiger partial charge in [0.15, 0.2) is 0 Å². The molecule has 5 heteroatoms. The average molecular weight is 389 g/mol. The molecule has 0 aliphatic rings. The van der Waals surface area contributed by atoms with Gasteiger partial charge in [-0.15, -0.1) is 0 Å². The molecule has 29 heavy (non-hydrogen) atoms. The molecule has 0 spiro atoms. The highest BCUT2D eigenvalue weighted by Gasteiger charge is 2.19. The van der Waals surface area contributed by atoms with Crippen LogP contribution in [0.2, 0.25) is 0 Å². The fourth-order valence-corrected chi connectivity index (χ4v) is 3.62. The van der Waals surface area contributed by atoms with E-state index < -0.39 is 0 Å². The Balaban J connectivity index is 1.78. The van der Waals surface area contributed by atoms with Gasteiger partial charge < -0.3 is 10.2 Å². The number of carbonyl (C=O) groups excluding carboxylic acids is 2. The van der Waals surface area contributed by atoms with Gasteiger partial charge in [0.25, 0.3) is 0 Å². The number of hydrogen-bond acceptors (Lipinski definition) is 3. The minimum Gasteiger partial charge on any atom is -0.324 e. The smallest absolute Gasteiger partial charge is 0.226 e. The summed E-state index contributed by atoms with van der Waals surface area (Å²) in [5.74, 6) is -0.193. The van der Waals surface area contributed by atoms with Gasteiger partial charge in [-0.3, -0.25) is 14.6 Å². The van der Waals surface area contributed by atoms with Gasteiger partial charge in [0.1, 0.15) is 0 Å². The minimum absolute atomic E-state index is 0.0553. The Morgan fingerprint density at radius 1 is 0.966 bits per heavy atom. The Morgan fingerprint density at radius 2 is 1.62 bits per heavy atom. The van der Waals surface area contributed by atoms with Crippen molar-refractivity contribution in [2.45, 2.75) is 40.0 Å². The van der Waals surface area contributed by atoms with Crippen LogP contribution >= 0.6 is 0 Å². The van der Waals surface area contributed by atoms with Crippen LogP contribution in [-0.4, -0.2) is 23.3 Å². The highest BCUT2D eigenvalue weighted by molar-refractivity contribution is 6.01. The zero-order valence-corrected chi connectivity index (χ0v) is 17.2. The molecule has 0 bridgehead atoms. The van der Waals surface area contributed by atoms with Gasteiger partial charge in [-0.25, -0.2) is 0 Å². The summed E-state index contributed by atoms with van der Waals surface area (Å²) in [5.41, 5.74) is 4.64. The van der Waals surface area contributed by atoms with Crippen LogP contribution in [0.25, 0.3) is 10.9 Å². The third-order valence-electron chi connectivity index (χ3n) is 5.08. The van der Waals surface area contributed by atoms with Crippen molar-refractivity contribution in [2.75, 3.05) is 16.8 Å². The molecule has 1 aromatic heterocycles. The number of hydrogen-bond donors (Lipinski definition) is 1. The summed E-state index contributed by atoms with van der Waals surface area (Å²) < 4.78 is 0. The Hall–Kier alpha value is -3.21. The Kier molecular flexibility index (Phi) is 6.60. The van der Waals surface area contributed by atoms with Gasteiger partial charge in [0, 0.05) is 37.2 Å². The van der Waals surface area contributed by atoms with Crippen molar-refractivity contribution in [3.63, 3.8) is 0 Å². The Bertz CT molecular complexity index is 1000. The van der Waals surface area contributed by atoms with E-state index in [0.29, 0.717) is 12.2 Å². The van der Waals surface area contributed by atoms with Crippen LogP contribution in [0.15, 0.2) is 54.7 Å². The van der Waals surface area contributed by atoms with Crippen molar-refractivity contribution in [2.24, 2.45) is 0 Å². The predicted molar refractivity (Wildman–Crippen MR) is 118 cm³/mol. The van der Waals surface area contributed by atoms with Crippen LogP contribution in [-0.2, 0) is 22.4 Å². The molecular formula is C24H27N3O2. The van der Waals surface area contributed by atoms with Crippen LogP contribution in [0.5, 0.6) is 0 Å². The van der Waals surface area contributed by atoms with E-state index in [9.17, 15) is 9.59 Å². The first-order valence-corrected chi connectivity index (χ1v) is 10.1. The lowest BCUT2D eigenvalue weighted by Crippen LogP contribution is -2.33. The molecular weight excluding hydrogens is 362 g/mol. The average Bonchev–Trinajstić information content (AvgIpc) is 2.74. The van der Waals surface area contributed by atoms with E-state index in [1.165, 1.54) is 0 Å². The van der Waals surface area contributed by atoms with Gasteiger partial charge in [-0.1, -0.05) is 50.2 Å². The van der Waals surface area contributed by atoms with E-state index in [4.69, 9.17) is 0 Å². The molecule has 0 fully saturated rings. The lowest BCUT2D eigenvalue weighted by molar-refractivity contribution is -0.117. The van der Waals surface area contributed by atoms with Crippen molar-refractivity contribution < 1.29 is 9.59 Å². The second-order valence-corrected chi connectivity index (χ2v) is 6.98. The topological polar surface area (TPSA) is 62.3 Å². The van der Waals surface area contributed by atoms with Crippen molar-refractivity contribution in [1.29, 1.82) is 0 Å². The van der Waals surface area contributed by atoms with Crippen molar-refractivity contribution >= 4 is 34.1 Å². The molecule has 3 rings (SSSR count). The van der Waals surface area contributed by atoms with E-state index in [-0.39, 0.29) is 18.2 Å². The number of carbonyl (C=O) groups is 2. The maximum Gasteiger partial charge on any atom is 0.226 e. The second kappa shape index (κ2) is 9.32. The molecule has 0 radical (unpaired) electrons. The molecule has 1 heterocycles. The summed E-state index contributed by atoms with van der Waals surface area (Å²) in [6, 6.07) is 15.7. The summed E-state index contributed by atoms with van der Waals surface area (Å²) >= 11 is 0. The predicted octanol–water partition coefficient (Wildman–Crippen LogP) is 4.74. The molecule has 2 aromatic carbocycles. The normalized spacial score (nSPS) is 10.7. The third kappa shape index (κ3) is 4.62. The molecule has 150 valence electrons. The molecule has 1 N–H and O–H groups in total. The summed E-state index contributed by atoms with van der Waals surface area (Å²) in [5, 5.41) is 3.92. The van der Waals surface area contributed by atoms with Crippen LogP contribution in [0.1, 0.15) is 38.3 Å². The Labute approximate surface area is 171 Å². The summed E-state index contributed by atoms with van der Waals surface area (Å²) in [6.07, 6.45) is 3.59. The van der Waals surface area contributed by atoms with Crippen LogP contribution in [0.3, 0.4) is 0 Å². The monoisotopic (exact) mass is 389 g/mol. The molecule has 0 saturated heterocycles. The fourth-order valence-electron chi connectivity index (χ4n) is 3.62. The van der Waals surface area contributed by atoms with Crippen molar-refractivity contribution in [3.8, 4) is 0 Å². The number of aryl methyl sites for hydroxylation is 2. The summed E-state index contributed by atoms with van der Waals surface area (Å²) in [7, 11) is 0. The number of nitrogens with one attached hydrogen (secondary N) is 1. The number of fused-ring (bicyclic) bond motifs is 1. The zero-order valence-electron chi connectivity index (χ0n) is 17.2. The zero-order chi connectivity index (χ0) is 20.8. The standard InChI is InChI=1S/C24H27N3O2/c1-4-18-9-6-10-19(5-2)24(18)27(17(3)28)16-14-22(29)26-21-13-7-11-20-12-8-15-25-23(20)21/h6-13,15H,4-5,14,16H2,1-3H3,(H,26,29). The third-order valence-corrected chi connectivity index (χ3v) is 5.08. The quantitative estimate of drug-likeness (QED) is 0.635. The number of anilines is 2. The molecule has 0 atom stereocenters. The lowest BCUT2D eigenvalue weighted by Gasteiger charge is -2.26. The van der Waals surface area contributed by atoms with E-state index >= 15 is 0 Å². The van der Waals surface area contributed by atoms with Gasteiger partial charge in [0.2, 0.25) is 11.8 Å². The number of aromatic nitrogens is 1. The molecule has 3 aromatic rings. The molecule has 0 aliphatic carbocycles. The fraction of sp³-hybridized carbons (Fsp3) is 0.292. The minimum atomic E-state index is -0.138. The van der Waals surface area contributed by atoms with E-state index in [1.807, 2.05) is 48.5 Å². The largest absolute Gasteiger partial charge is 0.324 e. The van der Waals surface area contributed by atoms with Gasteiger partial charge >= 0.3 is 0 Å². The number of amides is 2. The van der Waals surface area contributed by atoms with E-state index in [0.717, 1.165) is 40.6 Å². The number of para-hydroxylation sites is 2. The maximum atomic E-state index is 12.6. The molecule has 5 nitrogen and oxygen atoms in total. The number of nitrogens with zero attached hydrogens (tertiary/aromatic N) is 2. The molecule has 0 unspecified atom stereocenters. The first-order chi connectivity index (χ1) is 14.0. The first kappa shape index (κ1) is 20.5. The first-order valence-electron chi connectivity index (χ1n) is 10.1. The number of rotatable bonds is 7. The van der Waals surface area contributed by atoms with Crippen molar-refractivity contribution in [1.82, 2.24) is 4.98 Å². The summed E-state index contributed by atoms with van der Waals surface area (Å²) in [4.78, 5) is 31.2. The number of benzene rings is 2. The maximum absolute atomic E-state index is 12.6. The van der Waals surface area contributed by atoms with E-state index in [1.54, 1.807) is 18.0 Å². The highest BCUT2D eigenvalue weighted by atomic mass is 16.2. The molecule has 2 amide bonds. The molecule has 0 aliphatic heterocycles. The second-order valence-electron chi connectivity index (χ2n) is 6.98. The van der Waals surface area contributed by atoms with Crippen LogP contribution in [0, 0.1) is 0 Å². The number of pyridine rings is 1.